The van der Waals surface area contributed by atoms with Gasteiger partial charge in [0.1, 0.15) is 5.82 Å². The maximum atomic E-state index is 12.8. The molecular weight excluding hydrogens is 402 g/mol. The van der Waals surface area contributed by atoms with Gasteiger partial charge >= 0.3 is 0 Å². The number of aliphatic hydroxyl groups is 1. The van der Waals surface area contributed by atoms with Gasteiger partial charge in [-0.15, -0.1) is 0 Å². The highest BCUT2D eigenvalue weighted by molar-refractivity contribution is 5.81. The Labute approximate surface area is 188 Å². The minimum atomic E-state index is -0.408. The molecule has 1 aromatic carbocycles. The van der Waals surface area contributed by atoms with E-state index in [1.54, 1.807) is 6.20 Å². The number of likely N-dealkylation sites (N-methyl/N-ethyl adjacent to an activating group) is 1. The number of carbonyl (C=O) groups is 1. The van der Waals surface area contributed by atoms with Crippen LogP contribution in [-0.2, 0) is 4.79 Å². The molecule has 5 rings (SSSR count). The van der Waals surface area contributed by atoms with Crippen molar-refractivity contribution in [2.75, 3.05) is 31.6 Å². The number of aliphatic hydroxyl groups excluding tert-OH is 1. The summed E-state index contributed by atoms with van der Waals surface area (Å²) in [5.41, 5.74) is 3.59. The zero-order valence-electron chi connectivity index (χ0n) is 18.3. The van der Waals surface area contributed by atoms with E-state index in [0.29, 0.717) is 26.1 Å². The van der Waals surface area contributed by atoms with Gasteiger partial charge in [0.2, 0.25) is 5.91 Å². The number of rotatable bonds is 6. The Balaban J connectivity index is 1.17. The summed E-state index contributed by atoms with van der Waals surface area (Å²) in [6.45, 7) is 1.69. The molecule has 4 heterocycles. The molecule has 166 valence electrons. The van der Waals surface area contributed by atoms with Crippen molar-refractivity contribution in [2.24, 2.45) is 5.92 Å². The second-order valence-electron chi connectivity index (χ2n) is 8.85. The predicted molar refractivity (Wildman–Crippen MR) is 123 cm³/mol. The number of fused-ring (bicyclic) bond motifs is 3. The lowest BCUT2D eigenvalue weighted by molar-refractivity contribution is -0.131. The van der Waals surface area contributed by atoms with Crippen molar-refractivity contribution < 1.29 is 9.90 Å². The molecule has 2 aliphatic heterocycles. The van der Waals surface area contributed by atoms with E-state index in [9.17, 15) is 9.90 Å². The van der Waals surface area contributed by atoms with E-state index in [0.717, 1.165) is 24.4 Å². The normalized spacial score (nSPS) is 18.8. The minimum Gasteiger partial charge on any atom is -0.393 e. The van der Waals surface area contributed by atoms with Crippen LogP contribution in [0.25, 0.3) is 11.3 Å². The van der Waals surface area contributed by atoms with Crippen LogP contribution >= 0.6 is 0 Å². The highest BCUT2D eigenvalue weighted by atomic mass is 16.3. The summed E-state index contributed by atoms with van der Waals surface area (Å²) in [5, 5.41) is 11.1. The maximum absolute atomic E-state index is 12.8. The second-order valence-corrected chi connectivity index (χ2v) is 8.85. The minimum absolute atomic E-state index is 0.110. The SMILES string of the molecule is CN(CC(=O)N1CCC(C(O)CC2c3ccccc3-c3cncn32)CC1)c1ccccn1. The van der Waals surface area contributed by atoms with Gasteiger partial charge in [0.05, 0.1) is 36.9 Å². The fourth-order valence-corrected chi connectivity index (χ4v) is 5.09. The fourth-order valence-electron chi connectivity index (χ4n) is 5.09. The van der Waals surface area contributed by atoms with Crippen LogP contribution in [0.2, 0.25) is 0 Å². The molecule has 2 aliphatic rings. The quantitative estimate of drug-likeness (QED) is 0.650. The van der Waals surface area contributed by atoms with Gasteiger partial charge < -0.3 is 19.5 Å². The number of nitrogens with zero attached hydrogens (tertiary/aromatic N) is 5. The fraction of sp³-hybridized carbons (Fsp3) is 0.400. The Morgan fingerprint density at radius 3 is 2.75 bits per heavy atom. The van der Waals surface area contributed by atoms with E-state index in [-0.39, 0.29) is 17.9 Å². The molecule has 7 nitrogen and oxygen atoms in total. The van der Waals surface area contributed by atoms with Crippen LogP contribution in [0, 0.1) is 5.92 Å². The molecule has 3 aromatic rings. The Hall–Kier alpha value is -3.19. The van der Waals surface area contributed by atoms with Crippen LogP contribution in [0.15, 0.2) is 61.2 Å². The number of piperidine rings is 1. The summed E-state index contributed by atoms with van der Waals surface area (Å²) in [7, 11) is 1.89. The third-order valence-corrected chi connectivity index (χ3v) is 6.91. The number of amides is 1. The van der Waals surface area contributed by atoms with Gasteiger partial charge in [-0.05, 0) is 42.9 Å². The van der Waals surface area contributed by atoms with Crippen molar-refractivity contribution in [1.82, 2.24) is 19.4 Å². The Bertz CT molecular complexity index is 1070. The van der Waals surface area contributed by atoms with Crippen LogP contribution in [-0.4, -0.2) is 63.2 Å². The van der Waals surface area contributed by atoms with Crippen LogP contribution < -0.4 is 4.90 Å². The molecule has 2 aromatic heterocycles. The standard InChI is InChI=1S/C25H29N5O2/c1-28(24-8-4-5-11-27-24)16-25(32)29-12-9-18(10-13-29)23(31)14-21-19-6-2-3-7-20(19)22-15-26-17-30(21)22/h2-8,11,15,17-18,21,23,31H,9-10,12-14,16H2,1H3. The summed E-state index contributed by atoms with van der Waals surface area (Å²) >= 11 is 0. The Morgan fingerprint density at radius 2 is 1.97 bits per heavy atom. The first-order chi connectivity index (χ1) is 15.6. The molecule has 2 atom stereocenters. The predicted octanol–water partition coefficient (Wildman–Crippen LogP) is 2.97. The lowest BCUT2D eigenvalue weighted by Gasteiger charge is -2.36. The average Bonchev–Trinajstić information content (AvgIpc) is 3.42. The van der Waals surface area contributed by atoms with Gasteiger partial charge in [0.15, 0.2) is 0 Å². The molecule has 0 aliphatic carbocycles. The van der Waals surface area contributed by atoms with Crippen LogP contribution in [0.3, 0.4) is 0 Å². The zero-order chi connectivity index (χ0) is 22.1. The molecule has 0 bridgehead atoms. The number of carbonyl (C=O) groups excluding carboxylic acids is 1. The van der Waals surface area contributed by atoms with E-state index in [4.69, 9.17) is 0 Å². The zero-order valence-corrected chi connectivity index (χ0v) is 18.3. The highest BCUT2D eigenvalue weighted by Crippen LogP contribution is 2.42. The molecule has 1 N–H and O–H groups in total. The number of benzene rings is 1. The number of hydrogen-bond acceptors (Lipinski definition) is 5. The number of hydrogen-bond donors (Lipinski definition) is 1. The maximum Gasteiger partial charge on any atom is 0.242 e. The van der Waals surface area contributed by atoms with Crippen molar-refractivity contribution in [3.8, 4) is 11.3 Å². The van der Waals surface area contributed by atoms with Crippen LogP contribution in [0.1, 0.15) is 30.9 Å². The lowest BCUT2D eigenvalue weighted by Crippen LogP contribution is -2.45. The van der Waals surface area contributed by atoms with Gasteiger partial charge in [-0.2, -0.15) is 0 Å². The smallest absolute Gasteiger partial charge is 0.242 e. The summed E-state index contributed by atoms with van der Waals surface area (Å²) < 4.78 is 2.18. The number of aromatic nitrogens is 3. The van der Waals surface area contributed by atoms with Gasteiger partial charge in [0, 0.05) is 31.9 Å². The summed E-state index contributed by atoms with van der Waals surface area (Å²) in [6, 6.07) is 14.2. The van der Waals surface area contributed by atoms with Gasteiger partial charge in [0.25, 0.3) is 0 Å². The third-order valence-electron chi connectivity index (χ3n) is 6.91. The number of anilines is 1. The van der Waals surface area contributed by atoms with Crippen LogP contribution in [0.5, 0.6) is 0 Å². The van der Waals surface area contributed by atoms with Crippen molar-refractivity contribution in [1.29, 1.82) is 0 Å². The lowest BCUT2D eigenvalue weighted by atomic mass is 9.86. The molecule has 0 spiro atoms. The molecular formula is C25H29N5O2. The monoisotopic (exact) mass is 431 g/mol. The molecule has 1 saturated heterocycles. The Kier molecular flexibility index (Phi) is 5.66. The van der Waals surface area contributed by atoms with Gasteiger partial charge in [-0.3, -0.25) is 4.79 Å². The second kappa shape index (κ2) is 8.74. The number of pyridine rings is 1. The number of likely N-dealkylation sites (tertiary alicyclic amines) is 1. The number of imidazole rings is 1. The molecule has 1 fully saturated rings. The van der Waals surface area contributed by atoms with E-state index in [1.807, 2.05) is 53.6 Å². The van der Waals surface area contributed by atoms with Crippen molar-refractivity contribution in [2.45, 2.75) is 31.4 Å². The topological polar surface area (TPSA) is 74.5 Å². The Morgan fingerprint density at radius 1 is 1.19 bits per heavy atom. The first-order valence-corrected chi connectivity index (χ1v) is 11.3. The molecule has 32 heavy (non-hydrogen) atoms. The largest absolute Gasteiger partial charge is 0.393 e. The summed E-state index contributed by atoms with van der Waals surface area (Å²) in [4.78, 5) is 25.2. The van der Waals surface area contributed by atoms with Crippen LogP contribution in [0.4, 0.5) is 5.82 Å². The average molecular weight is 432 g/mol. The van der Waals surface area contributed by atoms with E-state index in [1.165, 1.54) is 11.1 Å². The third kappa shape index (κ3) is 3.88. The first-order valence-electron chi connectivity index (χ1n) is 11.3. The van der Waals surface area contributed by atoms with E-state index < -0.39 is 6.10 Å². The van der Waals surface area contributed by atoms with E-state index in [2.05, 4.69) is 32.7 Å². The molecule has 0 saturated carbocycles. The molecule has 1 amide bonds. The molecule has 2 unspecified atom stereocenters. The molecule has 7 heteroatoms. The van der Waals surface area contributed by atoms with Crippen molar-refractivity contribution in [3.63, 3.8) is 0 Å². The van der Waals surface area contributed by atoms with Crippen molar-refractivity contribution >= 4 is 11.7 Å². The summed E-state index contributed by atoms with van der Waals surface area (Å²) in [6.07, 6.45) is 7.41. The summed E-state index contributed by atoms with van der Waals surface area (Å²) in [5.74, 6) is 1.10. The van der Waals surface area contributed by atoms with Crippen molar-refractivity contribution in [3.05, 3.63) is 66.7 Å². The van der Waals surface area contributed by atoms with E-state index >= 15 is 0 Å². The van der Waals surface area contributed by atoms with Gasteiger partial charge in [-0.1, -0.05) is 30.3 Å². The highest BCUT2D eigenvalue weighted by Gasteiger charge is 2.34. The first kappa shape index (κ1) is 20.7. The molecule has 0 radical (unpaired) electrons. The van der Waals surface area contributed by atoms with Gasteiger partial charge in [-0.25, -0.2) is 9.97 Å².